The van der Waals surface area contributed by atoms with Crippen molar-refractivity contribution in [3.8, 4) is 10.4 Å². The zero-order valence-corrected chi connectivity index (χ0v) is 24.6. The molecule has 2 aromatic heterocycles. The van der Waals surface area contributed by atoms with Gasteiger partial charge in [-0.3, -0.25) is 24.8 Å². The highest BCUT2D eigenvalue weighted by Crippen LogP contribution is 2.33. The van der Waals surface area contributed by atoms with Crippen molar-refractivity contribution in [3.63, 3.8) is 0 Å². The first-order valence-corrected chi connectivity index (χ1v) is 15.4. The maximum atomic E-state index is 13.3. The van der Waals surface area contributed by atoms with Crippen molar-refractivity contribution in [3.05, 3.63) is 112 Å². The predicted octanol–water partition coefficient (Wildman–Crippen LogP) is 5.86. The first kappa shape index (κ1) is 29.3. The van der Waals surface area contributed by atoms with Crippen LogP contribution in [0.2, 0.25) is 5.02 Å². The van der Waals surface area contributed by atoms with Gasteiger partial charge in [0.2, 0.25) is 15.9 Å². The molecule has 1 N–H and O–H groups in total. The van der Waals surface area contributed by atoms with Gasteiger partial charge in [0.25, 0.3) is 5.69 Å². The molecule has 10 nitrogen and oxygen atoms in total. The molecule has 0 saturated heterocycles. The molecule has 1 amide bonds. The monoisotopic (exact) mass is 621 g/mol. The third-order valence-electron chi connectivity index (χ3n) is 6.48. The molecule has 0 aliphatic rings. The second-order valence-electron chi connectivity index (χ2n) is 9.48. The van der Waals surface area contributed by atoms with Gasteiger partial charge in [0.05, 0.1) is 14.7 Å². The molecule has 0 saturated carbocycles. The van der Waals surface area contributed by atoms with Crippen molar-refractivity contribution in [1.29, 1.82) is 0 Å². The second kappa shape index (κ2) is 12.3. The van der Waals surface area contributed by atoms with Gasteiger partial charge in [-0.1, -0.05) is 47.2 Å². The Hall–Kier alpha value is -4.23. The lowest BCUT2D eigenvalue weighted by Gasteiger charge is -2.26. The van der Waals surface area contributed by atoms with Gasteiger partial charge in [0.15, 0.2) is 5.13 Å². The fourth-order valence-corrected chi connectivity index (χ4v) is 6.85. The fraction of sp³-hybridized carbons (Fsp3) is 0.138. The number of hydrogen-bond donors (Lipinski definition) is 1. The van der Waals surface area contributed by atoms with Crippen LogP contribution in [0.4, 0.5) is 10.8 Å². The van der Waals surface area contributed by atoms with Gasteiger partial charge >= 0.3 is 0 Å². The summed E-state index contributed by atoms with van der Waals surface area (Å²) in [5, 5.41) is 13.9. The second-order valence-corrected chi connectivity index (χ2v) is 12.6. The summed E-state index contributed by atoms with van der Waals surface area (Å²) in [6.07, 6.45) is 5.41. The van der Waals surface area contributed by atoms with E-state index in [0.717, 1.165) is 38.9 Å². The summed E-state index contributed by atoms with van der Waals surface area (Å²) in [5.41, 5.74) is 1.46. The van der Waals surface area contributed by atoms with Crippen LogP contribution in [-0.4, -0.2) is 41.8 Å². The maximum Gasteiger partial charge on any atom is 0.269 e. The number of nitro groups is 1. The molecule has 0 aliphatic heterocycles. The highest BCUT2D eigenvalue weighted by atomic mass is 35.5. The highest BCUT2D eigenvalue weighted by Gasteiger charge is 2.26. The van der Waals surface area contributed by atoms with Crippen LogP contribution in [0.5, 0.6) is 0 Å². The van der Waals surface area contributed by atoms with E-state index in [9.17, 15) is 23.3 Å². The number of aromatic nitrogens is 2. The van der Waals surface area contributed by atoms with E-state index in [1.807, 2.05) is 30.3 Å². The Balaban J connectivity index is 1.44. The molecule has 42 heavy (non-hydrogen) atoms. The minimum absolute atomic E-state index is 0.0234. The number of carbonyl (C=O) groups is 1. The summed E-state index contributed by atoms with van der Waals surface area (Å²) < 4.78 is 29.4. The largest absolute Gasteiger partial charge is 0.287 e. The van der Waals surface area contributed by atoms with Crippen molar-refractivity contribution in [2.45, 2.75) is 24.3 Å². The topological polar surface area (TPSA) is 135 Å². The van der Waals surface area contributed by atoms with E-state index in [-0.39, 0.29) is 29.5 Å². The van der Waals surface area contributed by atoms with E-state index < -0.39 is 21.0 Å². The summed E-state index contributed by atoms with van der Waals surface area (Å²) in [4.78, 5) is 34.1. The van der Waals surface area contributed by atoms with Crippen molar-refractivity contribution in [2.75, 3.05) is 11.4 Å². The average Bonchev–Trinajstić information content (AvgIpc) is 3.45. The molecule has 2 heterocycles. The predicted molar refractivity (Wildman–Crippen MR) is 163 cm³/mol. The first-order chi connectivity index (χ1) is 20.1. The van der Waals surface area contributed by atoms with Crippen LogP contribution in [0.3, 0.4) is 0 Å². The van der Waals surface area contributed by atoms with Crippen LogP contribution < -0.4 is 9.62 Å². The molecule has 5 rings (SSSR count). The number of rotatable bonds is 10. The minimum Gasteiger partial charge on any atom is -0.287 e. The zero-order chi connectivity index (χ0) is 29.9. The Morgan fingerprint density at radius 2 is 1.86 bits per heavy atom. The van der Waals surface area contributed by atoms with Gasteiger partial charge in [0.1, 0.15) is 0 Å². The third kappa shape index (κ3) is 6.80. The number of nitrogens with zero attached hydrogens (tertiary/aromatic N) is 4. The smallest absolute Gasteiger partial charge is 0.269 e. The summed E-state index contributed by atoms with van der Waals surface area (Å²) in [7, 11) is -4.11. The van der Waals surface area contributed by atoms with E-state index >= 15 is 0 Å². The number of halogens is 1. The van der Waals surface area contributed by atoms with Gasteiger partial charge in [0, 0.05) is 60.6 Å². The summed E-state index contributed by atoms with van der Waals surface area (Å²) in [6, 6.07) is 18.7. The lowest BCUT2D eigenvalue weighted by molar-refractivity contribution is -0.384. The SMILES string of the molecule is CC(=O)N(CC(Cc1cccc(Cl)c1)NS(=O)(=O)c1ccc([N+](=O)[O-])cc1)c1ncc(-c2ccc3cnccc3c2)s1. The van der Waals surface area contributed by atoms with E-state index in [4.69, 9.17) is 11.6 Å². The van der Waals surface area contributed by atoms with Crippen molar-refractivity contribution >= 4 is 60.5 Å². The quantitative estimate of drug-likeness (QED) is 0.152. The molecule has 0 spiro atoms. The fourth-order valence-electron chi connectivity index (χ4n) is 4.45. The molecule has 0 fully saturated rings. The molecular formula is C29H24ClN5O5S2. The number of carbonyl (C=O) groups excluding carboxylic acids is 1. The molecule has 5 aromatic rings. The van der Waals surface area contributed by atoms with E-state index in [1.165, 1.54) is 35.3 Å². The van der Waals surface area contributed by atoms with E-state index in [2.05, 4.69) is 14.7 Å². The first-order valence-electron chi connectivity index (χ1n) is 12.7. The average molecular weight is 622 g/mol. The third-order valence-corrected chi connectivity index (χ3v) is 9.32. The molecule has 214 valence electrons. The number of pyridine rings is 1. The lowest BCUT2D eigenvalue weighted by Crippen LogP contribution is -2.46. The highest BCUT2D eigenvalue weighted by molar-refractivity contribution is 7.89. The van der Waals surface area contributed by atoms with E-state index in [0.29, 0.717) is 10.2 Å². The van der Waals surface area contributed by atoms with Crippen molar-refractivity contribution in [1.82, 2.24) is 14.7 Å². The number of benzene rings is 3. The minimum atomic E-state index is -4.11. The molecule has 3 aromatic carbocycles. The van der Waals surface area contributed by atoms with E-state index in [1.54, 1.807) is 36.8 Å². The van der Waals surface area contributed by atoms with Crippen LogP contribution in [0.25, 0.3) is 21.2 Å². The van der Waals surface area contributed by atoms with Crippen molar-refractivity contribution in [2.24, 2.45) is 0 Å². The summed E-state index contributed by atoms with van der Waals surface area (Å²) in [5.74, 6) is -0.314. The Bertz CT molecular complexity index is 1880. The number of thiazole rings is 1. The maximum absolute atomic E-state index is 13.3. The van der Waals surface area contributed by atoms with Crippen LogP contribution in [0.15, 0.2) is 96.3 Å². The number of nitrogens with one attached hydrogen (secondary N) is 1. The molecule has 1 unspecified atom stereocenters. The Morgan fingerprint density at radius 1 is 1.07 bits per heavy atom. The molecule has 0 bridgehead atoms. The number of amides is 1. The molecular weight excluding hydrogens is 598 g/mol. The number of fused-ring (bicyclic) bond motifs is 1. The van der Waals surface area contributed by atoms with Crippen LogP contribution >= 0.6 is 22.9 Å². The zero-order valence-electron chi connectivity index (χ0n) is 22.2. The van der Waals surface area contributed by atoms with Gasteiger partial charge in [-0.2, -0.15) is 0 Å². The van der Waals surface area contributed by atoms with Crippen molar-refractivity contribution < 1.29 is 18.1 Å². The standard InChI is InChI=1S/C29H24ClN5O5S2/c1-19(36)34(29-32-17-28(41-29)22-5-6-23-16-31-12-11-21(23)15-22)18-25(14-20-3-2-4-24(30)13-20)33-42(39,40)27-9-7-26(8-10-27)35(37)38/h2-13,15-17,25,33H,14,18H2,1H3. The number of hydrogen-bond acceptors (Lipinski definition) is 8. The number of non-ortho nitro benzene ring substituents is 1. The number of nitro benzene ring substituents is 1. The van der Waals surface area contributed by atoms with Crippen LogP contribution in [0, 0.1) is 10.1 Å². The molecule has 0 radical (unpaired) electrons. The van der Waals surface area contributed by atoms with Gasteiger partial charge in [-0.05, 0) is 59.3 Å². The summed E-state index contributed by atoms with van der Waals surface area (Å²) >= 11 is 7.49. The Kier molecular flexibility index (Phi) is 8.59. The Labute approximate surface area is 250 Å². The lowest BCUT2D eigenvalue weighted by atomic mass is 10.1. The van der Waals surface area contributed by atoms with Crippen LogP contribution in [0.1, 0.15) is 12.5 Å². The summed E-state index contributed by atoms with van der Waals surface area (Å²) in [6.45, 7) is 1.37. The van der Waals surface area contributed by atoms with Gasteiger partial charge < -0.3 is 0 Å². The Morgan fingerprint density at radius 3 is 2.57 bits per heavy atom. The van der Waals surface area contributed by atoms with Crippen LogP contribution in [-0.2, 0) is 21.2 Å². The number of sulfonamides is 1. The van der Waals surface area contributed by atoms with Gasteiger partial charge in [-0.15, -0.1) is 0 Å². The molecule has 13 heteroatoms. The number of anilines is 1. The normalized spacial score (nSPS) is 12.2. The molecule has 0 aliphatic carbocycles. The molecule has 1 atom stereocenters. The van der Waals surface area contributed by atoms with Gasteiger partial charge in [-0.25, -0.2) is 18.1 Å².